The normalized spacial score (nSPS) is 10.7. The minimum Gasteiger partial charge on any atom is -0.352 e. The molecule has 144 valence electrons. The lowest BCUT2D eigenvalue weighted by atomic mass is 10.1. The predicted octanol–water partition coefficient (Wildman–Crippen LogP) is 5.37. The van der Waals surface area contributed by atoms with Crippen LogP contribution in [-0.2, 0) is 6.42 Å². The first-order valence-corrected chi connectivity index (χ1v) is 9.81. The molecule has 0 aliphatic carbocycles. The molecule has 0 spiro atoms. The summed E-state index contributed by atoms with van der Waals surface area (Å²) >= 11 is 5.99. The number of H-pyrrole nitrogens is 1. The van der Waals surface area contributed by atoms with Crippen LogP contribution in [-0.4, -0.2) is 22.6 Å². The van der Waals surface area contributed by atoms with Gasteiger partial charge in [-0.2, -0.15) is 5.10 Å². The molecule has 1 amide bonds. The van der Waals surface area contributed by atoms with Crippen molar-refractivity contribution in [3.05, 3.63) is 101 Å². The fourth-order valence-corrected chi connectivity index (χ4v) is 3.36. The quantitative estimate of drug-likeness (QED) is 0.456. The lowest BCUT2D eigenvalue weighted by Gasteiger charge is -2.06. The highest BCUT2D eigenvalue weighted by Crippen LogP contribution is 2.23. The van der Waals surface area contributed by atoms with Gasteiger partial charge in [0.2, 0.25) is 0 Å². The molecule has 1 aromatic heterocycles. The van der Waals surface area contributed by atoms with Gasteiger partial charge in [0.1, 0.15) is 0 Å². The van der Waals surface area contributed by atoms with E-state index in [9.17, 15) is 4.79 Å². The zero-order valence-electron chi connectivity index (χ0n) is 15.7. The van der Waals surface area contributed by atoms with Gasteiger partial charge in [0, 0.05) is 22.7 Å². The van der Waals surface area contributed by atoms with Gasteiger partial charge < -0.3 is 5.32 Å². The Morgan fingerprint density at radius 1 is 0.897 bits per heavy atom. The molecule has 2 N–H and O–H groups in total. The molecular weight excluding hydrogens is 382 g/mol. The van der Waals surface area contributed by atoms with Gasteiger partial charge in [-0.3, -0.25) is 9.89 Å². The minimum absolute atomic E-state index is 0.0897. The molecule has 29 heavy (non-hydrogen) atoms. The second-order valence-electron chi connectivity index (χ2n) is 6.75. The van der Waals surface area contributed by atoms with Crippen molar-refractivity contribution in [3.8, 4) is 22.5 Å². The van der Waals surface area contributed by atoms with E-state index in [-0.39, 0.29) is 5.91 Å². The van der Waals surface area contributed by atoms with E-state index in [0.717, 1.165) is 34.5 Å². The molecule has 0 fully saturated rings. The van der Waals surface area contributed by atoms with Crippen molar-refractivity contribution in [2.24, 2.45) is 0 Å². The van der Waals surface area contributed by atoms with Crippen molar-refractivity contribution in [1.82, 2.24) is 15.5 Å². The zero-order chi connectivity index (χ0) is 20.1. The lowest BCUT2D eigenvalue weighted by Crippen LogP contribution is -2.25. The van der Waals surface area contributed by atoms with Crippen LogP contribution < -0.4 is 5.32 Å². The summed E-state index contributed by atoms with van der Waals surface area (Å²) in [7, 11) is 0. The van der Waals surface area contributed by atoms with E-state index in [1.54, 1.807) is 0 Å². The summed E-state index contributed by atoms with van der Waals surface area (Å²) in [6, 6.07) is 27.2. The van der Waals surface area contributed by atoms with Gasteiger partial charge in [0.25, 0.3) is 5.91 Å². The molecule has 0 bridgehead atoms. The van der Waals surface area contributed by atoms with Crippen LogP contribution in [0.1, 0.15) is 15.9 Å². The number of hydrogen-bond acceptors (Lipinski definition) is 2. The number of carbonyl (C=O) groups is 1. The zero-order valence-corrected chi connectivity index (χ0v) is 16.5. The van der Waals surface area contributed by atoms with Gasteiger partial charge >= 0.3 is 0 Å². The molecule has 3 aromatic carbocycles. The molecule has 0 aliphatic rings. The van der Waals surface area contributed by atoms with Crippen LogP contribution in [0.2, 0.25) is 5.02 Å². The summed E-state index contributed by atoms with van der Waals surface area (Å²) in [6.45, 7) is 0.557. The van der Waals surface area contributed by atoms with E-state index in [1.165, 1.54) is 0 Å². The summed E-state index contributed by atoms with van der Waals surface area (Å²) in [4.78, 5) is 12.4. The smallest absolute Gasteiger partial charge is 0.251 e. The largest absolute Gasteiger partial charge is 0.352 e. The Bertz CT molecular complexity index is 1100. The number of benzene rings is 3. The first kappa shape index (κ1) is 19.0. The lowest BCUT2D eigenvalue weighted by molar-refractivity contribution is 0.0954. The van der Waals surface area contributed by atoms with Gasteiger partial charge in [-0.25, -0.2) is 0 Å². The third kappa shape index (κ3) is 4.73. The molecule has 4 nitrogen and oxygen atoms in total. The highest BCUT2D eigenvalue weighted by Gasteiger charge is 2.08. The second kappa shape index (κ2) is 8.76. The van der Waals surface area contributed by atoms with Crippen LogP contribution in [0.3, 0.4) is 0 Å². The van der Waals surface area contributed by atoms with Crippen LogP contribution in [0.15, 0.2) is 84.9 Å². The molecular formula is C24H20ClN3O. The Morgan fingerprint density at radius 2 is 1.69 bits per heavy atom. The van der Waals surface area contributed by atoms with Gasteiger partial charge in [0.15, 0.2) is 0 Å². The summed E-state index contributed by atoms with van der Waals surface area (Å²) in [5.74, 6) is -0.0897. The maximum absolute atomic E-state index is 12.4. The molecule has 0 aliphatic heterocycles. The number of nitrogens with one attached hydrogen (secondary N) is 2. The Labute approximate surface area is 174 Å². The Morgan fingerprint density at radius 3 is 2.45 bits per heavy atom. The highest BCUT2D eigenvalue weighted by atomic mass is 35.5. The Kier molecular flexibility index (Phi) is 5.73. The number of carbonyl (C=O) groups excluding carboxylic acids is 1. The van der Waals surface area contributed by atoms with Crippen molar-refractivity contribution in [3.63, 3.8) is 0 Å². The van der Waals surface area contributed by atoms with E-state index in [0.29, 0.717) is 17.1 Å². The number of aromatic nitrogens is 2. The summed E-state index contributed by atoms with van der Waals surface area (Å²) in [6.07, 6.45) is 0.737. The predicted molar refractivity (Wildman–Crippen MR) is 117 cm³/mol. The minimum atomic E-state index is -0.0897. The van der Waals surface area contributed by atoms with E-state index >= 15 is 0 Å². The molecule has 0 radical (unpaired) electrons. The standard InChI is InChI=1S/C24H20ClN3O/c25-21-8-4-5-17(15-21)13-14-26-24(29)20-11-9-19(10-12-20)23-16-22(27-28-23)18-6-2-1-3-7-18/h1-12,15-16H,13-14H2,(H,26,29)(H,27,28). The fourth-order valence-electron chi connectivity index (χ4n) is 3.14. The Balaban J connectivity index is 1.37. The van der Waals surface area contributed by atoms with Crippen molar-refractivity contribution in [2.75, 3.05) is 6.54 Å². The summed E-state index contributed by atoms with van der Waals surface area (Å²) in [5.41, 5.74) is 5.57. The summed E-state index contributed by atoms with van der Waals surface area (Å²) in [5, 5.41) is 11.1. The van der Waals surface area contributed by atoms with Gasteiger partial charge in [0.05, 0.1) is 11.4 Å². The number of nitrogens with zero attached hydrogens (tertiary/aromatic N) is 1. The van der Waals surface area contributed by atoms with Crippen molar-refractivity contribution in [2.45, 2.75) is 6.42 Å². The van der Waals surface area contributed by atoms with Crippen LogP contribution in [0.5, 0.6) is 0 Å². The van der Waals surface area contributed by atoms with E-state index in [4.69, 9.17) is 11.6 Å². The van der Waals surface area contributed by atoms with Crippen LogP contribution in [0, 0.1) is 0 Å². The molecule has 5 heteroatoms. The molecule has 0 saturated carbocycles. The molecule has 4 aromatic rings. The number of aromatic amines is 1. The van der Waals surface area contributed by atoms with Crippen LogP contribution in [0.25, 0.3) is 22.5 Å². The topological polar surface area (TPSA) is 57.8 Å². The Hall–Kier alpha value is -3.37. The third-order valence-corrected chi connectivity index (χ3v) is 4.93. The third-order valence-electron chi connectivity index (χ3n) is 4.69. The van der Waals surface area contributed by atoms with Crippen LogP contribution >= 0.6 is 11.6 Å². The number of amides is 1. The van der Waals surface area contributed by atoms with E-state index in [1.807, 2.05) is 84.9 Å². The highest BCUT2D eigenvalue weighted by molar-refractivity contribution is 6.30. The second-order valence-corrected chi connectivity index (χ2v) is 7.18. The van der Waals surface area contributed by atoms with E-state index in [2.05, 4.69) is 15.5 Å². The molecule has 0 unspecified atom stereocenters. The molecule has 0 saturated heterocycles. The fraction of sp³-hybridized carbons (Fsp3) is 0.0833. The first-order chi connectivity index (χ1) is 14.2. The SMILES string of the molecule is O=C(NCCc1cccc(Cl)c1)c1ccc(-c2cc(-c3ccccc3)n[nH]2)cc1. The number of hydrogen-bond donors (Lipinski definition) is 2. The molecule has 0 atom stereocenters. The maximum Gasteiger partial charge on any atom is 0.251 e. The molecule has 4 rings (SSSR count). The van der Waals surface area contributed by atoms with Crippen LogP contribution in [0.4, 0.5) is 0 Å². The van der Waals surface area contributed by atoms with Crippen molar-refractivity contribution < 1.29 is 4.79 Å². The molecule has 1 heterocycles. The van der Waals surface area contributed by atoms with Gasteiger partial charge in [-0.1, -0.05) is 66.2 Å². The number of halogens is 1. The monoisotopic (exact) mass is 401 g/mol. The van der Waals surface area contributed by atoms with Crippen molar-refractivity contribution >= 4 is 17.5 Å². The summed E-state index contributed by atoms with van der Waals surface area (Å²) < 4.78 is 0. The average molecular weight is 402 g/mol. The first-order valence-electron chi connectivity index (χ1n) is 9.43. The maximum atomic E-state index is 12.4. The average Bonchev–Trinajstić information content (AvgIpc) is 3.25. The van der Waals surface area contributed by atoms with Crippen molar-refractivity contribution in [1.29, 1.82) is 0 Å². The number of rotatable bonds is 6. The van der Waals surface area contributed by atoms with E-state index < -0.39 is 0 Å². The van der Waals surface area contributed by atoms with Gasteiger partial charge in [-0.15, -0.1) is 0 Å². The van der Waals surface area contributed by atoms with Gasteiger partial charge in [-0.05, 0) is 47.9 Å².